The van der Waals surface area contributed by atoms with Gasteiger partial charge in [0.25, 0.3) is 16.1 Å². The van der Waals surface area contributed by atoms with Crippen LogP contribution in [0.2, 0.25) is 0 Å². The molecule has 3 aliphatic heterocycles. The summed E-state index contributed by atoms with van der Waals surface area (Å²) in [7, 11) is -3.34. The first-order valence-electron chi connectivity index (χ1n) is 10.0. The minimum absolute atomic E-state index is 0.0689. The molecular weight excluding hydrogens is 370 g/mol. The van der Waals surface area contributed by atoms with E-state index in [-0.39, 0.29) is 6.10 Å². The summed E-state index contributed by atoms with van der Waals surface area (Å²) in [5.74, 6) is 1.21. The smallest absolute Gasteiger partial charge is 0.282 e. The van der Waals surface area contributed by atoms with Crippen molar-refractivity contribution in [3.8, 4) is 0 Å². The van der Waals surface area contributed by atoms with E-state index in [2.05, 4.69) is 15.0 Å². The lowest BCUT2D eigenvalue weighted by Crippen LogP contribution is -2.47. The molecule has 0 spiro atoms. The molecular formula is C17H29N5O4S. The molecule has 4 rings (SSSR count). The number of aromatic nitrogens is 2. The number of hydrogen-bond donors (Lipinski definition) is 0. The third-order valence-corrected chi connectivity index (χ3v) is 7.60. The van der Waals surface area contributed by atoms with Gasteiger partial charge in [-0.25, -0.2) is 0 Å². The zero-order valence-corrected chi connectivity index (χ0v) is 16.6. The molecule has 0 N–H and O–H groups in total. The molecule has 1 unspecified atom stereocenters. The summed E-state index contributed by atoms with van der Waals surface area (Å²) in [6.45, 7) is 5.21. The third kappa shape index (κ3) is 4.51. The van der Waals surface area contributed by atoms with E-state index in [1.807, 2.05) is 0 Å². The van der Waals surface area contributed by atoms with Crippen LogP contribution in [-0.2, 0) is 21.5 Å². The van der Waals surface area contributed by atoms with Gasteiger partial charge < -0.3 is 9.26 Å². The van der Waals surface area contributed by atoms with Crippen molar-refractivity contribution in [3.63, 3.8) is 0 Å². The normalized spacial score (nSPS) is 27.0. The summed E-state index contributed by atoms with van der Waals surface area (Å²) in [5, 5.41) is 4.08. The fraction of sp³-hybridized carbons (Fsp3) is 0.882. The van der Waals surface area contributed by atoms with Crippen LogP contribution in [-0.4, -0.2) is 77.9 Å². The molecule has 0 radical (unpaired) electrons. The Morgan fingerprint density at radius 1 is 0.926 bits per heavy atom. The van der Waals surface area contributed by atoms with Crippen molar-refractivity contribution in [2.75, 3.05) is 45.9 Å². The molecule has 3 aliphatic rings. The number of nitrogens with zero attached hydrogens (tertiary/aromatic N) is 5. The van der Waals surface area contributed by atoms with Crippen LogP contribution in [0.1, 0.15) is 56.3 Å². The van der Waals surface area contributed by atoms with E-state index in [4.69, 9.17) is 9.26 Å². The average Bonchev–Trinajstić information content (AvgIpc) is 3.31. The van der Waals surface area contributed by atoms with Gasteiger partial charge in [-0.1, -0.05) is 11.6 Å². The summed E-state index contributed by atoms with van der Waals surface area (Å²) in [6.07, 6.45) is 5.74. The minimum Gasteiger partial charge on any atom is -0.368 e. The molecule has 1 aromatic heterocycles. The number of piperidine rings is 1. The van der Waals surface area contributed by atoms with E-state index >= 15 is 0 Å². The maximum atomic E-state index is 12.9. The molecule has 0 aliphatic carbocycles. The van der Waals surface area contributed by atoms with Crippen molar-refractivity contribution >= 4 is 10.2 Å². The van der Waals surface area contributed by atoms with E-state index in [0.717, 1.165) is 51.7 Å². The van der Waals surface area contributed by atoms with Gasteiger partial charge in [-0.15, -0.1) is 0 Å². The van der Waals surface area contributed by atoms with Crippen LogP contribution >= 0.6 is 0 Å². The Morgan fingerprint density at radius 2 is 1.70 bits per heavy atom. The van der Waals surface area contributed by atoms with E-state index < -0.39 is 10.2 Å². The summed E-state index contributed by atoms with van der Waals surface area (Å²) in [6, 6.07) is 0. The highest BCUT2D eigenvalue weighted by Gasteiger charge is 2.32. The molecule has 3 saturated heterocycles. The van der Waals surface area contributed by atoms with Gasteiger partial charge in [-0.3, -0.25) is 4.90 Å². The van der Waals surface area contributed by atoms with Gasteiger partial charge >= 0.3 is 0 Å². The molecule has 152 valence electrons. The number of hydrogen-bond acceptors (Lipinski definition) is 7. The largest absolute Gasteiger partial charge is 0.368 e. The minimum atomic E-state index is -3.34. The Kier molecular flexibility index (Phi) is 6.08. The lowest BCUT2D eigenvalue weighted by atomic mass is 10.2. The Morgan fingerprint density at radius 3 is 2.48 bits per heavy atom. The third-order valence-electron chi connectivity index (χ3n) is 5.57. The molecule has 0 aromatic carbocycles. The van der Waals surface area contributed by atoms with Crippen LogP contribution in [0.25, 0.3) is 0 Å². The fourth-order valence-electron chi connectivity index (χ4n) is 4.03. The second-order valence-electron chi connectivity index (χ2n) is 7.55. The monoisotopic (exact) mass is 399 g/mol. The molecule has 1 aromatic rings. The van der Waals surface area contributed by atoms with Crippen molar-refractivity contribution in [3.05, 3.63) is 11.7 Å². The zero-order chi connectivity index (χ0) is 18.7. The van der Waals surface area contributed by atoms with Crippen molar-refractivity contribution in [1.82, 2.24) is 23.7 Å². The highest BCUT2D eigenvalue weighted by molar-refractivity contribution is 7.86. The van der Waals surface area contributed by atoms with Crippen molar-refractivity contribution in [2.24, 2.45) is 0 Å². The number of ether oxygens (including phenoxy) is 1. The topological polar surface area (TPSA) is 92.0 Å². The lowest BCUT2D eigenvalue weighted by Gasteiger charge is -2.31. The van der Waals surface area contributed by atoms with Gasteiger partial charge in [-0.05, 0) is 38.6 Å². The molecule has 0 saturated carbocycles. The first-order chi connectivity index (χ1) is 13.1. The molecule has 10 heteroatoms. The van der Waals surface area contributed by atoms with E-state index in [0.29, 0.717) is 51.0 Å². The van der Waals surface area contributed by atoms with Crippen LogP contribution in [0.15, 0.2) is 4.52 Å². The van der Waals surface area contributed by atoms with Crippen LogP contribution < -0.4 is 0 Å². The van der Waals surface area contributed by atoms with Gasteiger partial charge in [0.1, 0.15) is 6.10 Å². The second-order valence-corrected chi connectivity index (χ2v) is 9.48. The SMILES string of the molecule is O=S(=O)(N1CCCCC1)N1CCCN(Cc2noc(C3CCCO3)n2)CC1. The maximum absolute atomic E-state index is 12.9. The van der Waals surface area contributed by atoms with Crippen LogP contribution in [0.4, 0.5) is 0 Å². The van der Waals surface area contributed by atoms with Crippen molar-refractivity contribution in [2.45, 2.75) is 51.2 Å². The Balaban J connectivity index is 1.33. The van der Waals surface area contributed by atoms with Gasteiger partial charge in [0.2, 0.25) is 0 Å². The highest BCUT2D eigenvalue weighted by Crippen LogP contribution is 2.27. The molecule has 1 atom stereocenters. The molecule has 27 heavy (non-hydrogen) atoms. The van der Waals surface area contributed by atoms with Crippen molar-refractivity contribution < 1.29 is 17.7 Å². The quantitative estimate of drug-likeness (QED) is 0.733. The Hall–Kier alpha value is -1.07. The van der Waals surface area contributed by atoms with E-state index in [9.17, 15) is 8.42 Å². The first-order valence-corrected chi connectivity index (χ1v) is 11.4. The zero-order valence-electron chi connectivity index (χ0n) is 15.8. The van der Waals surface area contributed by atoms with Crippen LogP contribution in [0.3, 0.4) is 0 Å². The lowest BCUT2D eigenvalue weighted by molar-refractivity contribution is 0.0835. The molecule has 9 nitrogen and oxygen atoms in total. The molecule has 4 heterocycles. The molecule has 3 fully saturated rings. The summed E-state index contributed by atoms with van der Waals surface area (Å²) in [4.78, 5) is 6.68. The van der Waals surface area contributed by atoms with Gasteiger partial charge in [0.05, 0.1) is 6.54 Å². The maximum Gasteiger partial charge on any atom is 0.282 e. The standard InChI is InChI=1S/C17H29N5O4S/c23-27(24,21-8-2-1-3-9-21)22-10-5-7-20(11-12-22)14-16-18-17(26-19-16)15-6-4-13-25-15/h15H,1-14H2. The van der Waals surface area contributed by atoms with Gasteiger partial charge in [0.15, 0.2) is 5.82 Å². The fourth-order valence-corrected chi connectivity index (χ4v) is 5.75. The van der Waals surface area contributed by atoms with Gasteiger partial charge in [0, 0.05) is 39.3 Å². The highest BCUT2D eigenvalue weighted by atomic mass is 32.2. The van der Waals surface area contributed by atoms with E-state index in [1.54, 1.807) is 8.61 Å². The first kappa shape index (κ1) is 19.3. The second kappa shape index (κ2) is 8.52. The number of rotatable bonds is 5. The predicted molar refractivity (Wildman–Crippen MR) is 98.0 cm³/mol. The van der Waals surface area contributed by atoms with Crippen molar-refractivity contribution in [1.29, 1.82) is 0 Å². The Labute approximate surface area is 160 Å². The van der Waals surface area contributed by atoms with Gasteiger partial charge in [-0.2, -0.15) is 22.0 Å². The summed E-state index contributed by atoms with van der Waals surface area (Å²) < 4.78 is 40.0. The Bertz CT molecular complexity index is 713. The summed E-state index contributed by atoms with van der Waals surface area (Å²) >= 11 is 0. The molecule has 0 amide bonds. The average molecular weight is 400 g/mol. The van der Waals surface area contributed by atoms with Crippen LogP contribution in [0, 0.1) is 0 Å². The van der Waals surface area contributed by atoms with Crippen LogP contribution in [0.5, 0.6) is 0 Å². The van der Waals surface area contributed by atoms with E-state index in [1.165, 1.54) is 0 Å². The summed E-state index contributed by atoms with van der Waals surface area (Å²) in [5.41, 5.74) is 0. The predicted octanol–water partition coefficient (Wildman–Crippen LogP) is 1.16. The molecule has 0 bridgehead atoms.